The minimum atomic E-state index is -0.286. The highest BCUT2D eigenvalue weighted by atomic mass is 16.5. The maximum absolute atomic E-state index is 11.8. The second-order valence-corrected chi connectivity index (χ2v) is 5.54. The van der Waals surface area contributed by atoms with E-state index in [0.717, 1.165) is 10.9 Å². The fourth-order valence-corrected chi connectivity index (χ4v) is 2.38. The zero-order chi connectivity index (χ0) is 18.4. The molecule has 7 nitrogen and oxygen atoms in total. The van der Waals surface area contributed by atoms with Crippen molar-refractivity contribution in [2.24, 2.45) is 5.10 Å². The molecule has 0 fully saturated rings. The van der Waals surface area contributed by atoms with Crippen LogP contribution in [0.5, 0.6) is 17.2 Å². The maximum atomic E-state index is 11.8. The Bertz CT molecular complexity index is 933. The highest BCUT2D eigenvalue weighted by Crippen LogP contribution is 2.21. The Morgan fingerprint density at radius 1 is 1.23 bits per heavy atom. The van der Waals surface area contributed by atoms with Gasteiger partial charge in [-0.25, -0.2) is 5.43 Å². The number of carbonyl (C=O) groups excluding carboxylic acids is 1. The third kappa shape index (κ3) is 4.32. The second-order valence-electron chi connectivity index (χ2n) is 5.54. The lowest BCUT2D eigenvalue weighted by Gasteiger charge is -2.06. The first-order valence-electron chi connectivity index (χ1n) is 8.04. The van der Waals surface area contributed by atoms with E-state index in [1.54, 1.807) is 12.1 Å². The number of nitrogens with one attached hydrogen (secondary N) is 2. The zero-order valence-corrected chi connectivity index (χ0v) is 14.2. The summed E-state index contributed by atoms with van der Waals surface area (Å²) in [4.78, 5) is 14.9. The molecule has 0 aliphatic heterocycles. The van der Waals surface area contributed by atoms with E-state index < -0.39 is 0 Å². The Balaban J connectivity index is 1.46. The fraction of sp³-hybridized carbons (Fsp3) is 0.158. The van der Waals surface area contributed by atoms with Crippen LogP contribution in [0.3, 0.4) is 0 Å². The number of phenolic OH excluding ortho intramolecular Hbond substituents is 1. The van der Waals surface area contributed by atoms with Gasteiger partial charge >= 0.3 is 0 Å². The molecule has 0 atom stereocenters. The van der Waals surface area contributed by atoms with Crippen molar-refractivity contribution in [3.63, 3.8) is 0 Å². The van der Waals surface area contributed by atoms with E-state index >= 15 is 0 Å². The molecule has 1 heterocycles. The van der Waals surface area contributed by atoms with Gasteiger partial charge in [-0.3, -0.25) is 4.79 Å². The number of methoxy groups -OCH3 is 1. The average molecular weight is 353 g/mol. The van der Waals surface area contributed by atoms with E-state index in [4.69, 9.17) is 9.47 Å². The molecule has 0 unspecified atom stereocenters. The number of fused-ring (bicyclic) bond motifs is 1. The van der Waals surface area contributed by atoms with Crippen LogP contribution < -0.4 is 14.9 Å². The molecule has 1 amide bonds. The van der Waals surface area contributed by atoms with Crippen molar-refractivity contribution in [3.05, 3.63) is 54.2 Å². The Kier molecular flexibility index (Phi) is 5.38. The van der Waals surface area contributed by atoms with E-state index in [1.165, 1.54) is 19.4 Å². The number of benzene rings is 2. The molecule has 26 heavy (non-hydrogen) atoms. The molecule has 3 aromatic rings. The number of carbonyl (C=O) groups is 1. The van der Waals surface area contributed by atoms with Crippen molar-refractivity contribution in [1.29, 1.82) is 0 Å². The van der Waals surface area contributed by atoms with Crippen molar-refractivity contribution in [2.75, 3.05) is 13.7 Å². The molecular formula is C19H19N3O4. The molecule has 0 saturated carbocycles. The van der Waals surface area contributed by atoms with Crippen LogP contribution in [0, 0.1) is 0 Å². The molecular weight excluding hydrogens is 334 g/mol. The number of aromatic amines is 1. The number of H-pyrrole nitrogens is 1. The van der Waals surface area contributed by atoms with E-state index in [1.807, 2.05) is 30.5 Å². The van der Waals surface area contributed by atoms with Gasteiger partial charge in [-0.05, 0) is 42.5 Å². The summed E-state index contributed by atoms with van der Waals surface area (Å²) in [6.07, 6.45) is 3.38. The van der Waals surface area contributed by atoms with E-state index in [-0.39, 0.29) is 24.7 Å². The van der Waals surface area contributed by atoms with Gasteiger partial charge < -0.3 is 19.6 Å². The summed E-state index contributed by atoms with van der Waals surface area (Å²) in [6, 6.07) is 12.4. The standard InChI is InChI=1S/C19H19N3O4/c1-25-15-3-5-18(23)14(11-15)12-21-22-19(24)7-9-26-16-2-4-17-13(10-16)6-8-20-17/h2-6,8,10-12,20,23H,7,9H2,1H3,(H,22,24)/b21-12+. The number of amides is 1. The highest BCUT2D eigenvalue weighted by molar-refractivity contribution is 5.85. The van der Waals surface area contributed by atoms with Crippen molar-refractivity contribution in [2.45, 2.75) is 6.42 Å². The van der Waals surface area contributed by atoms with Gasteiger partial charge in [0.25, 0.3) is 0 Å². The second kappa shape index (κ2) is 8.06. The van der Waals surface area contributed by atoms with Crippen LogP contribution in [-0.2, 0) is 4.79 Å². The largest absolute Gasteiger partial charge is 0.507 e. The molecule has 0 aliphatic rings. The van der Waals surface area contributed by atoms with Gasteiger partial charge in [0.1, 0.15) is 17.2 Å². The van der Waals surface area contributed by atoms with Gasteiger partial charge in [0.2, 0.25) is 5.91 Å². The molecule has 3 N–H and O–H groups in total. The van der Waals surface area contributed by atoms with E-state index in [2.05, 4.69) is 15.5 Å². The summed E-state index contributed by atoms with van der Waals surface area (Å²) in [5.74, 6) is 1.05. The highest BCUT2D eigenvalue weighted by Gasteiger charge is 2.03. The monoisotopic (exact) mass is 353 g/mol. The molecule has 0 aliphatic carbocycles. The minimum Gasteiger partial charge on any atom is -0.507 e. The fourth-order valence-electron chi connectivity index (χ4n) is 2.38. The Labute approximate surface area is 150 Å². The van der Waals surface area contributed by atoms with E-state index in [0.29, 0.717) is 17.1 Å². The molecule has 0 spiro atoms. The Hall–Kier alpha value is -3.48. The van der Waals surface area contributed by atoms with Crippen LogP contribution in [0.2, 0.25) is 0 Å². The smallest absolute Gasteiger partial charge is 0.243 e. The number of hydrogen-bond acceptors (Lipinski definition) is 5. The maximum Gasteiger partial charge on any atom is 0.243 e. The lowest BCUT2D eigenvalue weighted by molar-refractivity contribution is -0.121. The van der Waals surface area contributed by atoms with Gasteiger partial charge in [-0.2, -0.15) is 5.10 Å². The van der Waals surface area contributed by atoms with Crippen molar-refractivity contribution in [1.82, 2.24) is 10.4 Å². The first-order chi connectivity index (χ1) is 12.7. The lowest BCUT2D eigenvalue weighted by atomic mass is 10.2. The predicted octanol–water partition coefficient (Wildman–Crippen LogP) is 2.80. The van der Waals surface area contributed by atoms with Crippen LogP contribution in [0.1, 0.15) is 12.0 Å². The number of aromatic hydroxyl groups is 1. The summed E-state index contributed by atoms with van der Waals surface area (Å²) in [5.41, 5.74) is 3.88. The molecule has 2 aromatic carbocycles. The van der Waals surface area contributed by atoms with Gasteiger partial charge in [-0.15, -0.1) is 0 Å². The Morgan fingerprint density at radius 2 is 2.08 bits per heavy atom. The van der Waals surface area contributed by atoms with Crippen molar-refractivity contribution >= 4 is 23.0 Å². The van der Waals surface area contributed by atoms with Gasteiger partial charge in [0, 0.05) is 22.7 Å². The summed E-state index contributed by atoms with van der Waals surface area (Å²) in [6.45, 7) is 0.238. The average Bonchev–Trinajstić information content (AvgIpc) is 3.11. The summed E-state index contributed by atoms with van der Waals surface area (Å²) in [7, 11) is 1.53. The quantitative estimate of drug-likeness (QED) is 0.449. The summed E-state index contributed by atoms with van der Waals surface area (Å²) < 4.78 is 10.7. The molecule has 7 heteroatoms. The number of rotatable bonds is 7. The van der Waals surface area contributed by atoms with Crippen molar-refractivity contribution in [3.8, 4) is 17.2 Å². The van der Waals surface area contributed by atoms with Crippen molar-refractivity contribution < 1.29 is 19.4 Å². The number of hydrogen-bond donors (Lipinski definition) is 3. The van der Waals surface area contributed by atoms with Crippen LogP contribution in [0.15, 0.2) is 53.8 Å². The molecule has 1 aromatic heterocycles. The van der Waals surface area contributed by atoms with Crippen LogP contribution in [0.25, 0.3) is 10.9 Å². The van der Waals surface area contributed by atoms with Crippen LogP contribution in [-0.4, -0.2) is 35.9 Å². The molecule has 134 valence electrons. The zero-order valence-electron chi connectivity index (χ0n) is 14.2. The summed E-state index contributed by atoms with van der Waals surface area (Å²) in [5, 5.41) is 14.6. The lowest BCUT2D eigenvalue weighted by Crippen LogP contribution is -2.20. The van der Waals surface area contributed by atoms with E-state index in [9.17, 15) is 9.90 Å². The van der Waals surface area contributed by atoms with Gasteiger partial charge in [0.05, 0.1) is 26.4 Å². The first kappa shape index (κ1) is 17.3. The number of ether oxygens (including phenoxy) is 2. The summed E-state index contributed by atoms with van der Waals surface area (Å²) >= 11 is 0. The van der Waals surface area contributed by atoms with Gasteiger partial charge in [0.15, 0.2) is 0 Å². The molecule has 0 bridgehead atoms. The minimum absolute atomic E-state index is 0.0484. The molecule has 3 rings (SSSR count). The molecule has 0 radical (unpaired) electrons. The van der Waals surface area contributed by atoms with Gasteiger partial charge in [-0.1, -0.05) is 0 Å². The topological polar surface area (TPSA) is 95.9 Å². The van der Waals surface area contributed by atoms with Crippen LogP contribution >= 0.6 is 0 Å². The number of aromatic nitrogens is 1. The normalized spacial score (nSPS) is 11.0. The van der Waals surface area contributed by atoms with Crippen LogP contribution in [0.4, 0.5) is 0 Å². The molecule has 0 saturated heterocycles. The third-order valence-electron chi connectivity index (χ3n) is 3.75. The number of phenols is 1. The Morgan fingerprint density at radius 3 is 2.92 bits per heavy atom. The number of nitrogens with zero attached hydrogens (tertiary/aromatic N) is 1. The number of hydrazone groups is 1. The third-order valence-corrected chi connectivity index (χ3v) is 3.75. The first-order valence-corrected chi connectivity index (χ1v) is 8.04. The SMILES string of the molecule is COc1ccc(O)c(/C=N/NC(=O)CCOc2ccc3[nH]ccc3c2)c1. The predicted molar refractivity (Wildman–Crippen MR) is 98.8 cm³/mol.